The van der Waals surface area contributed by atoms with E-state index in [4.69, 9.17) is 5.11 Å². The van der Waals surface area contributed by atoms with Gasteiger partial charge in [0, 0.05) is 4.47 Å². The van der Waals surface area contributed by atoms with Crippen LogP contribution in [-0.2, 0) is 0 Å². The molecule has 0 spiro atoms. The van der Waals surface area contributed by atoms with Crippen molar-refractivity contribution in [3.05, 3.63) is 40.1 Å². The van der Waals surface area contributed by atoms with E-state index in [9.17, 15) is 9.90 Å². The molecule has 0 aliphatic carbocycles. The molecule has 2 aromatic rings. The third-order valence-electron chi connectivity index (χ3n) is 2.25. The van der Waals surface area contributed by atoms with Crippen LogP contribution in [0.2, 0.25) is 0 Å². The number of benzene rings is 1. The van der Waals surface area contributed by atoms with E-state index in [1.165, 1.54) is 10.9 Å². The fourth-order valence-corrected chi connectivity index (χ4v) is 2.11. The molecule has 0 saturated heterocycles. The molecule has 0 radical (unpaired) electrons. The third-order valence-corrected chi connectivity index (χ3v) is 2.88. The number of hydrogen-bond acceptors (Lipinski definition) is 3. The molecule has 2 rings (SSSR count). The molecule has 0 aliphatic heterocycles. The Labute approximate surface area is 105 Å². The van der Waals surface area contributed by atoms with Gasteiger partial charge >= 0.3 is 5.97 Å². The van der Waals surface area contributed by atoms with Crippen LogP contribution in [-0.4, -0.2) is 26.0 Å². The molecule has 0 saturated carbocycles. The van der Waals surface area contributed by atoms with Crippen LogP contribution in [0.3, 0.4) is 0 Å². The SMILES string of the molecule is Cc1ccc(-n2cc(O)c(C(=O)O)n2)c(Br)c1. The number of aryl methyl sites for hydroxylation is 1. The van der Waals surface area contributed by atoms with Crippen molar-refractivity contribution < 1.29 is 15.0 Å². The molecule has 2 N–H and O–H groups in total. The van der Waals surface area contributed by atoms with Gasteiger partial charge in [-0.15, -0.1) is 0 Å². The van der Waals surface area contributed by atoms with E-state index in [1.807, 2.05) is 19.1 Å². The van der Waals surface area contributed by atoms with Crippen LogP contribution in [0.5, 0.6) is 5.75 Å². The van der Waals surface area contributed by atoms with E-state index < -0.39 is 5.97 Å². The summed E-state index contributed by atoms with van der Waals surface area (Å²) in [5.74, 6) is -1.62. The molecule has 0 aliphatic rings. The van der Waals surface area contributed by atoms with E-state index in [-0.39, 0.29) is 11.4 Å². The van der Waals surface area contributed by atoms with Gasteiger partial charge in [-0.1, -0.05) is 6.07 Å². The number of carboxylic acid groups (broad SMARTS) is 1. The second-order valence-electron chi connectivity index (χ2n) is 3.57. The van der Waals surface area contributed by atoms with Crippen molar-refractivity contribution in [1.82, 2.24) is 9.78 Å². The molecule has 88 valence electrons. The van der Waals surface area contributed by atoms with E-state index >= 15 is 0 Å². The van der Waals surface area contributed by atoms with Gasteiger partial charge in [-0.3, -0.25) is 0 Å². The maximum Gasteiger partial charge on any atom is 0.360 e. The standard InChI is InChI=1S/C11H9BrN2O3/c1-6-2-3-8(7(12)4-6)14-5-9(15)10(13-14)11(16)17/h2-5,15H,1H3,(H,16,17). The highest BCUT2D eigenvalue weighted by molar-refractivity contribution is 9.10. The van der Waals surface area contributed by atoms with Crippen LogP contribution in [0.25, 0.3) is 5.69 Å². The summed E-state index contributed by atoms with van der Waals surface area (Å²) in [5.41, 5.74) is 1.37. The average Bonchev–Trinajstić information content (AvgIpc) is 2.60. The predicted octanol–water partition coefficient (Wildman–Crippen LogP) is 2.35. The molecule has 1 heterocycles. The topological polar surface area (TPSA) is 75.4 Å². The Morgan fingerprint density at radius 1 is 1.47 bits per heavy atom. The molecular formula is C11H9BrN2O3. The van der Waals surface area contributed by atoms with Crippen LogP contribution in [0.4, 0.5) is 0 Å². The van der Waals surface area contributed by atoms with Crippen LogP contribution in [0.1, 0.15) is 16.1 Å². The average molecular weight is 297 g/mol. The first-order valence-electron chi connectivity index (χ1n) is 4.77. The minimum atomic E-state index is -1.26. The van der Waals surface area contributed by atoms with Crippen molar-refractivity contribution in [3.63, 3.8) is 0 Å². The van der Waals surface area contributed by atoms with Crippen LogP contribution < -0.4 is 0 Å². The van der Waals surface area contributed by atoms with Crippen LogP contribution in [0.15, 0.2) is 28.9 Å². The lowest BCUT2D eigenvalue weighted by Gasteiger charge is -2.04. The number of rotatable bonds is 2. The smallest absolute Gasteiger partial charge is 0.360 e. The Morgan fingerprint density at radius 2 is 2.18 bits per heavy atom. The zero-order valence-electron chi connectivity index (χ0n) is 8.88. The first-order valence-corrected chi connectivity index (χ1v) is 5.57. The number of carboxylic acids is 1. The fraction of sp³-hybridized carbons (Fsp3) is 0.0909. The maximum absolute atomic E-state index is 10.8. The van der Waals surface area contributed by atoms with E-state index in [2.05, 4.69) is 21.0 Å². The molecule has 1 aromatic heterocycles. The van der Waals surface area contributed by atoms with Crippen molar-refractivity contribution in [2.75, 3.05) is 0 Å². The lowest BCUT2D eigenvalue weighted by molar-refractivity contribution is 0.0687. The van der Waals surface area contributed by atoms with Crippen LogP contribution >= 0.6 is 15.9 Å². The molecule has 6 heteroatoms. The van der Waals surface area contributed by atoms with Gasteiger partial charge in [0.15, 0.2) is 5.75 Å². The fourth-order valence-electron chi connectivity index (χ4n) is 1.44. The van der Waals surface area contributed by atoms with Gasteiger partial charge in [-0.05, 0) is 40.5 Å². The lowest BCUT2D eigenvalue weighted by Crippen LogP contribution is -2.01. The molecule has 1 aromatic carbocycles. The number of aromatic carboxylic acids is 1. The Hall–Kier alpha value is -1.82. The highest BCUT2D eigenvalue weighted by Gasteiger charge is 2.16. The number of halogens is 1. The van der Waals surface area contributed by atoms with E-state index in [0.29, 0.717) is 5.69 Å². The minimum absolute atomic E-state index is 0.357. The number of carbonyl (C=O) groups is 1. The van der Waals surface area contributed by atoms with Gasteiger partial charge in [-0.25, -0.2) is 9.48 Å². The summed E-state index contributed by atoms with van der Waals surface area (Å²) in [5, 5.41) is 22.0. The van der Waals surface area contributed by atoms with E-state index in [1.54, 1.807) is 6.07 Å². The largest absolute Gasteiger partial charge is 0.504 e. The highest BCUT2D eigenvalue weighted by atomic mass is 79.9. The lowest BCUT2D eigenvalue weighted by atomic mass is 10.2. The summed E-state index contributed by atoms with van der Waals surface area (Å²) >= 11 is 3.36. The first-order chi connectivity index (χ1) is 7.99. The molecule has 0 unspecified atom stereocenters. The third kappa shape index (κ3) is 2.16. The number of hydrogen-bond donors (Lipinski definition) is 2. The van der Waals surface area contributed by atoms with Crippen molar-refractivity contribution in [3.8, 4) is 11.4 Å². The van der Waals surface area contributed by atoms with Gasteiger partial charge in [0.05, 0.1) is 11.9 Å². The van der Waals surface area contributed by atoms with Crippen molar-refractivity contribution in [1.29, 1.82) is 0 Å². The number of aromatic hydroxyl groups is 1. The zero-order chi connectivity index (χ0) is 12.6. The Kier molecular flexibility index (Phi) is 2.89. The van der Waals surface area contributed by atoms with Crippen molar-refractivity contribution in [2.45, 2.75) is 6.92 Å². The Bertz CT molecular complexity index is 592. The molecule has 0 atom stereocenters. The van der Waals surface area contributed by atoms with Gasteiger partial charge in [0.1, 0.15) is 0 Å². The number of aromatic nitrogens is 2. The molecule has 17 heavy (non-hydrogen) atoms. The van der Waals surface area contributed by atoms with Crippen molar-refractivity contribution in [2.24, 2.45) is 0 Å². The first kappa shape index (κ1) is 11.7. The summed E-state index contributed by atoms with van der Waals surface area (Å²) in [6.07, 6.45) is 1.26. The summed E-state index contributed by atoms with van der Waals surface area (Å²) in [7, 11) is 0. The van der Waals surface area contributed by atoms with Gasteiger partial charge in [0.2, 0.25) is 5.69 Å². The summed E-state index contributed by atoms with van der Waals surface area (Å²) < 4.78 is 2.10. The Morgan fingerprint density at radius 3 is 2.71 bits per heavy atom. The molecule has 0 amide bonds. The normalized spacial score (nSPS) is 10.5. The van der Waals surface area contributed by atoms with Gasteiger partial charge < -0.3 is 10.2 Å². The monoisotopic (exact) mass is 296 g/mol. The number of nitrogens with zero attached hydrogens (tertiary/aromatic N) is 2. The summed E-state index contributed by atoms with van der Waals surface area (Å²) in [4.78, 5) is 10.8. The molecule has 0 bridgehead atoms. The quantitative estimate of drug-likeness (QED) is 0.892. The highest BCUT2D eigenvalue weighted by Crippen LogP contribution is 2.24. The van der Waals surface area contributed by atoms with Crippen LogP contribution in [0, 0.1) is 6.92 Å². The maximum atomic E-state index is 10.8. The van der Waals surface area contributed by atoms with Crippen molar-refractivity contribution >= 4 is 21.9 Å². The van der Waals surface area contributed by atoms with Gasteiger partial charge in [-0.2, -0.15) is 5.10 Å². The van der Waals surface area contributed by atoms with Gasteiger partial charge in [0.25, 0.3) is 0 Å². The summed E-state index contributed by atoms with van der Waals surface area (Å²) in [6.45, 7) is 1.94. The molecule has 0 fully saturated rings. The Balaban J connectivity index is 2.53. The molecular weight excluding hydrogens is 288 g/mol. The predicted molar refractivity (Wildman–Crippen MR) is 64.6 cm³/mol. The zero-order valence-corrected chi connectivity index (χ0v) is 10.5. The molecule has 5 nitrogen and oxygen atoms in total. The second-order valence-corrected chi connectivity index (χ2v) is 4.42. The minimum Gasteiger partial charge on any atom is -0.504 e. The second kappa shape index (κ2) is 4.21. The summed E-state index contributed by atoms with van der Waals surface area (Å²) in [6, 6.07) is 5.55. The van der Waals surface area contributed by atoms with E-state index in [0.717, 1.165) is 10.0 Å².